The lowest BCUT2D eigenvalue weighted by Gasteiger charge is -2.21. The van der Waals surface area contributed by atoms with Gasteiger partial charge in [-0.2, -0.15) is 0 Å². The van der Waals surface area contributed by atoms with Gasteiger partial charge in [0, 0.05) is 12.6 Å². The second-order valence-corrected chi connectivity index (χ2v) is 3.67. The highest BCUT2D eigenvalue weighted by Crippen LogP contribution is 2.04. The second-order valence-electron chi connectivity index (χ2n) is 3.67. The highest BCUT2D eigenvalue weighted by molar-refractivity contribution is 5.78. The van der Waals surface area contributed by atoms with Crippen molar-refractivity contribution < 1.29 is 0 Å². The molecule has 1 unspecified atom stereocenters. The van der Waals surface area contributed by atoms with Gasteiger partial charge in [-0.1, -0.05) is 27.7 Å². The Kier molecular flexibility index (Phi) is 6.37. The fourth-order valence-corrected chi connectivity index (χ4v) is 1.21. The minimum absolute atomic E-state index is 0.445. The van der Waals surface area contributed by atoms with E-state index in [4.69, 9.17) is 5.73 Å². The molecule has 13 heavy (non-hydrogen) atoms. The first-order chi connectivity index (χ1) is 6.11. The van der Waals surface area contributed by atoms with E-state index in [2.05, 4.69) is 38.0 Å². The van der Waals surface area contributed by atoms with Crippen molar-refractivity contribution in [1.29, 1.82) is 0 Å². The van der Waals surface area contributed by atoms with Crippen molar-refractivity contribution in [2.45, 2.75) is 46.6 Å². The van der Waals surface area contributed by atoms with Gasteiger partial charge < -0.3 is 11.1 Å². The summed E-state index contributed by atoms with van der Waals surface area (Å²) in [5.74, 6) is 1.18. The van der Waals surface area contributed by atoms with E-state index in [0.29, 0.717) is 17.9 Å². The molecule has 0 spiro atoms. The molecule has 0 radical (unpaired) electrons. The van der Waals surface area contributed by atoms with Crippen LogP contribution < -0.4 is 11.1 Å². The van der Waals surface area contributed by atoms with Crippen molar-refractivity contribution in [2.75, 3.05) is 6.54 Å². The van der Waals surface area contributed by atoms with E-state index in [1.807, 2.05) is 0 Å². The van der Waals surface area contributed by atoms with Crippen LogP contribution in [0.4, 0.5) is 0 Å². The fraction of sp³-hybridized carbons (Fsp3) is 0.900. The Balaban J connectivity index is 3.92. The molecule has 0 aromatic rings. The Hall–Kier alpha value is -0.730. The largest absolute Gasteiger partial charge is 0.370 e. The summed E-state index contributed by atoms with van der Waals surface area (Å²) in [6.45, 7) is 9.44. The standard InChI is InChI=1S/C10H23N3/c1-5-7-12-10(11)13-9(6-2)8(3)4/h8-9H,5-7H2,1-4H3,(H3,11,12,13). The summed E-state index contributed by atoms with van der Waals surface area (Å²) in [6, 6.07) is 0.445. The van der Waals surface area contributed by atoms with Gasteiger partial charge in [-0.15, -0.1) is 0 Å². The van der Waals surface area contributed by atoms with Gasteiger partial charge in [0.05, 0.1) is 0 Å². The van der Waals surface area contributed by atoms with Gasteiger partial charge in [-0.3, -0.25) is 4.99 Å². The summed E-state index contributed by atoms with van der Waals surface area (Å²) in [5.41, 5.74) is 5.71. The summed E-state index contributed by atoms with van der Waals surface area (Å²) in [5, 5.41) is 3.23. The molecular weight excluding hydrogens is 162 g/mol. The van der Waals surface area contributed by atoms with E-state index in [1.54, 1.807) is 0 Å². The molecule has 78 valence electrons. The Morgan fingerprint density at radius 1 is 1.38 bits per heavy atom. The third-order valence-electron chi connectivity index (χ3n) is 2.08. The zero-order valence-electron chi connectivity index (χ0n) is 9.30. The average Bonchev–Trinajstić information content (AvgIpc) is 2.10. The highest BCUT2D eigenvalue weighted by Gasteiger charge is 2.10. The van der Waals surface area contributed by atoms with Crippen molar-refractivity contribution >= 4 is 5.96 Å². The molecule has 1 atom stereocenters. The molecule has 0 fully saturated rings. The van der Waals surface area contributed by atoms with Crippen LogP contribution in [0, 0.1) is 5.92 Å². The summed E-state index contributed by atoms with van der Waals surface area (Å²) in [6.07, 6.45) is 2.13. The van der Waals surface area contributed by atoms with Crippen LogP contribution in [0.1, 0.15) is 40.5 Å². The van der Waals surface area contributed by atoms with Gasteiger partial charge >= 0.3 is 0 Å². The molecule has 0 aliphatic heterocycles. The lowest BCUT2D eigenvalue weighted by atomic mass is 10.0. The molecule has 0 bridgehead atoms. The predicted molar refractivity (Wildman–Crippen MR) is 58.8 cm³/mol. The summed E-state index contributed by atoms with van der Waals surface area (Å²) in [4.78, 5) is 4.20. The van der Waals surface area contributed by atoms with Crippen molar-refractivity contribution in [3.63, 3.8) is 0 Å². The van der Waals surface area contributed by atoms with E-state index in [0.717, 1.165) is 19.4 Å². The lowest BCUT2D eigenvalue weighted by Crippen LogP contribution is -2.42. The first-order valence-electron chi connectivity index (χ1n) is 5.18. The third-order valence-corrected chi connectivity index (χ3v) is 2.08. The molecule has 0 rings (SSSR count). The number of rotatable bonds is 5. The maximum absolute atomic E-state index is 5.71. The molecule has 3 nitrogen and oxygen atoms in total. The van der Waals surface area contributed by atoms with Crippen LogP contribution >= 0.6 is 0 Å². The first-order valence-corrected chi connectivity index (χ1v) is 5.18. The molecule has 0 aromatic carbocycles. The molecule has 0 saturated heterocycles. The number of nitrogens with zero attached hydrogens (tertiary/aromatic N) is 1. The number of hydrogen-bond acceptors (Lipinski definition) is 1. The van der Waals surface area contributed by atoms with E-state index in [9.17, 15) is 0 Å². The fourth-order valence-electron chi connectivity index (χ4n) is 1.21. The zero-order chi connectivity index (χ0) is 10.3. The smallest absolute Gasteiger partial charge is 0.188 e. The first kappa shape index (κ1) is 12.3. The molecule has 0 heterocycles. The maximum atomic E-state index is 5.71. The van der Waals surface area contributed by atoms with E-state index in [1.165, 1.54) is 0 Å². The van der Waals surface area contributed by atoms with Crippen LogP contribution in [0.25, 0.3) is 0 Å². The number of aliphatic imine (C=N–C) groups is 1. The number of nitrogens with one attached hydrogen (secondary N) is 1. The van der Waals surface area contributed by atoms with Crippen molar-refractivity contribution in [2.24, 2.45) is 16.6 Å². The zero-order valence-corrected chi connectivity index (χ0v) is 9.30. The molecule has 0 aliphatic rings. The van der Waals surface area contributed by atoms with Crippen LogP contribution in [-0.4, -0.2) is 18.5 Å². The van der Waals surface area contributed by atoms with Crippen molar-refractivity contribution in [1.82, 2.24) is 5.32 Å². The minimum atomic E-state index is 0.445. The summed E-state index contributed by atoms with van der Waals surface area (Å²) in [7, 11) is 0. The third kappa shape index (κ3) is 5.50. The van der Waals surface area contributed by atoms with Crippen LogP contribution in [0.15, 0.2) is 4.99 Å². The van der Waals surface area contributed by atoms with Crippen LogP contribution in [-0.2, 0) is 0 Å². The van der Waals surface area contributed by atoms with Gasteiger partial charge in [0.1, 0.15) is 0 Å². The van der Waals surface area contributed by atoms with Gasteiger partial charge in [0.15, 0.2) is 5.96 Å². The maximum Gasteiger partial charge on any atom is 0.188 e. The Labute approximate surface area is 81.8 Å². The predicted octanol–water partition coefficient (Wildman–Crippen LogP) is 1.74. The average molecular weight is 185 g/mol. The topological polar surface area (TPSA) is 50.4 Å². The van der Waals surface area contributed by atoms with E-state index in [-0.39, 0.29) is 0 Å². The normalized spacial score (nSPS) is 14.7. The lowest BCUT2D eigenvalue weighted by molar-refractivity contribution is 0.440. The molecule has 3 N–H and O–H groups in total. The van der Waals surface area contributed by atoms with Crippen molar-refractivity contribution in [3.05, 3.63) is 0 Å². The van der Waals surface area contributed by atoms with E-state index >= 15 is 0 Å². The van der Waals surface area contributed by atoms with Gasteiger partial charge in [-0.25, -0.2) is 0 Å². The van der Waals surface area contributed by atoms with Crippen LogP contribution in [0.5, 0.6) is 0 Å². The number of nitrogens with two attached hydrogens (primary N) is 1. The quantitative estimate of drug-likeness (QED) is 0.506. The van der Waals surface area contributed by atoms with Gasteiger partial charge in [-0.05, 0) is 18.8 Å². The summed E-state index contributed by atoms with van der Waals surface area (Å²) >= 11 is 0. The number of hydrogen-bond donors (Lipinski definition) is 2. The Morgan fingerprint density at radius 3 is 2.38 bits per heavy atom. The SMILES string of the molecule is CCCN=C(N)NC(CC)C(C)C. The second kappa shape index (κ2) is 6.75. The Morgan fingerprint density at radius 2 is 2.00 bits per heavy atom. The van der Waals surface area contributed by atoms with Crippen LogP contribution in [0.2, 0.25) is 0 Å². The molecule has 0 aromatic heterocycles. The van der Waals surface area contributed by atoms with Crippen LogP contribution in [0.3, 0.4) is 0 Å². The summed E-state index contributed by atoms with van der Waals surface area (Å²) < 4.78 is 0. The van der Waals surface area contributed by atoms with Gasteiger partial charge in [0.2, 0.25) is 0 Å². The monoisotopic (exact) mass is 185 g/mol. The molecule has 3 heteroatoms. The van der Waals surface area contributed by atoms with Crippen molar-refractivity contribution in [3.8, 4) is 0 Å². The molecule has 0 aliphatic carbocycles. The van der Waals surface area contributed by atoms with Gasteiger partial charge in [0.25, 0.3) is 0 Å². The number of guanidine groups is 1. The van der Waals surface area contributed by atoms with E-state index < -0.39 is 0 Å². The molecule has 0 amide bonds. The molecular formula is C10H23N3. The Bertz CT molecular complexity index is 152. The highest BCUT2D eigenvalue weighted by atomic mass is 15.1. The molecule has 0 saturated carbocycles. The minimum Gasteiger partial charge on any atom is -0.370 e.